The van der Waals surface area contributed by atoms with Crippen LogP contribution < -0.4 is 21.1 Å². The van der Waals surface area contributed by atoms with Crippen LogP contribution in [-0.2, 0) is 16.1 Å². The first-order chi connectivity index (χ1) is 18.8. The van der Waals surface area contributed by atoms with Gasteiger partial charge in [0.25, 0.3) is 11.5 Å². The van der Waals surface area contributed by atoms with Gasteiger partial charge in [-0.05, 0) is 77.6 Å². The first-order valence-electron chi connectivity index (χ1n) is 14.3. The summed E-state index contributed by atoms with van der Waals surface area (Å²) < 4.78 is 5.56. The standard InChI is InChI=1S/C30H43N5O4/c1-5-35(30(38)23-8-9-23)27-18-24(31-10-6-11-34-12-7-14-39-15-13-34)17-25(22(27)4)28(36)32-19-26-20(2)16-21(3)33-29(26)37/h16-18,23,31H,5-15,19H2,1-4H3,(H,32,36)(H,33,37)/p+1. The SMILES string of the molecule is CC[NH+](C(=O)C1CC1)c1cc(NCCCN2CCCOCC2)cc(C(=O)NCc2c(C)cc(C)[nH]c2=O)c1C. The van der Waals surface area contributed by atoms with Crippen LogP contribution in [0.5, 0.6) is 0 Å². The monoisotopic (exact) mass is 538 g/mol. The Balaban J connectivity index is 1.52. The molecule has 1 aromatic carbocycles. The molecule has 0 bridgehead atoms. The van der Waals surface area contributed by atoms with Gasteiger partial charge in [0.2, 0.25) is 0 Å². The second-order valence-electron chi connectivity index (χ2n) is 10.9. The number of hydrogen-bond acceptors (Lipinski definition) is 6. The quantitative estimate of drug-likeness (QED) is 0.327. The number of H-pyrrole nitrogens is 1. The molecule has 1 unspecified atom stereocenters. The van der Waals surface area contributed by atoms with Crippen LogP contribution in [0.2, 0.25) is 0 Å². The maximum absolute atomic E-state index is 13.5. The van der Waals surface area contributed by atoms with Crippen molar-refractivity contribution >= 4 is 23.2 Å². The molecule has 4 rings (SSSR count). The van der Waals surface area contributed by atoms with E-state index in [0.717, 1.165) is 98.2 Å². The van der Waals surface area contributed by atoms with E-state index in [9.17, 15) is 14.4 Å². The Morgan fingerprint density at radius 2 is 1.92 bits per heavy atom. The number of hydrogen-bond donors (Lipinski definition) is 4. The second kappa shape index (κ2) is 13.4. The number of aryl methyl sites for hydroxylation is 2. The zero-order valence-electron chi connectivity index (χ0n) is 23.9. The molecule has 2 aliphatic rings. The normalized spacial score (nSPS) is 16.9. The van der Waals surface area contributed by atoms with Crippen molar-refractivity contribution in [1.82, 2.24) is 15.2 Å². The lowest BCUT2D eigenvalue weighted by atomic mass is 10.0. The summed E-state index contributed by atoms with van der Waals surface area (Å²) in [7, 11) is 0. The van der Waals surface area contributed by atoms with Crippen molar-refractivity contribution in [2.45, 2.75) is 59.9 Å². The number of ether oxygens (including phenoxy) is 1. The second-order valence-corrected chi connectivity index (χ2v) is 10.9. The van der Waals surface area contributed by atoms with Crippen LogP contribution in [0.4, 0.5) is 11.4 Å². The van der Waals surface area contributed by atoms with Gasteiger partial charge in [-0.15, -0.1) is 0 Å². The fourth-order valence-electron chi connectivity index (χ4n) is 5.38. The van der Waals surface area contributed by atoms with E-state index in [0.29, 0.717) is 17.7 Å². The highest BCUT2D eigenvalue weighted by Crippen LogP contribution is 2.29. The molecule has 2 aromatic rings. The number of amides is 2. The van der Waals surface area contributed by atoms with Gasteiger partial charge in [-0.3, -0.25) is 9.59 Å². The van der Waals surface area contributed by atoms with Crippen molar-refractivity contribution in [2.75, 3.05) is 51.3 Å². The van der Waals surface area contributed by atoms with Crippen LogP contribution in [0.1, 0.15) is 65.3 Å². The molecule has 2 heterocycles. The van der Waals surface area contributed by atoms with Crippen LogP contribution in [0.3, 0.4) is 0 Å². The summed E-state index contributed by atoms with van der Waals surface area (Å²) in [5, 5.41) is 6.46. The van der Waals surface area contributed by atoms with E-state index in [1.807, 2.05) is 45.9 Å². The summed E-state index contributed by atoms with van der Waals surface area (Å²) in [6.45, 7) is 13.8. The molecule has 2 amide bonds. The third-order valence-electron chi connectivity index (χ3n) is 7.79. The van der Waals surface area contributed by atoms with Gasteiger partial charge in [0.15, 0.2) is 0 Å². The number of quaternary nitrogens is 1. The Bertz CT molecular complexity index is 1230. The smallest absolute Gasteiger partial charge is 0.320 e. The van der Waals surface area contributed by atoms with Gasteiger partial charge in [-0.1, -0.05) is 0 Å². The highest BCUT2D eigenvalue weighted by molar-refractivity contribution is 5.98. The van der Waals surface area contributed by atoms with Crippen molar-refractivity contribution in [3.05, 3.63) is 56.5 Å². The molecule has 0 radical (unpaired) electrons. The average Bonchev–Trinajstić information content (AvgIpc) is 3.76. The molecular weight excluding hydrogens is 494 g/mol. The van der Waals surface area contributed by atoms with Crippen molar-refractivity contribution in [3.8, 4) is 0 Å². The first-order valence-corrected chi connectivity index (χ1v) is 14.3. The topological polar surface area (TPSA) is 108 Å². The molecular formula is C30H44N5O4+. The number of benzene rings is 1. The van der Waals surface area contributed by atoms with E-state index in [1.165, 1.54) is 0 Å². The number of nitrogens with zero attached hydrogens (tertiary/aromatic N) is 1. The Morgan fingerprint density at radius 1 is 1.13 bits per heavy atom. The molecule has 1 aromatic heterocycles. The molecule has 1 saturated heterocycles. The number of nitrogens with one attached hydrogen (secondary N) is 4. The van der Waals surface area contributed by atoms with Crippen LogP contribution in [0, 0.1) is 26.7 Å². The minimum atomic E-state index is -0.254. The van der Waals surface area contributed by atoms with Crippen LogP contribution in [0.25, 0.3) is 0 Å². The van der Waals surface area contributed by atoms with Gasteiger partial charge in [0, 0.05) is 61.4 Å². The third kappa shape index (κ3) is 7.56. The predicted octanol–water partition coefficient (Wildman–Crippen LogP) is 2.23. The lowest BCUT2D eigenvalue weighted by molar-refractivity contribution is -0.748. The van der Waals surface area contributed by atoms with Gasteiger partial charge >= 0.3 is 5.91 Å². The fourth-order valence-corrected chi connectivity index (χ4v) is 5.38. The van der Waals surface area contributed by atoms with Crippen molar-refractivity contribution in [3.63, 3.8) is 0 Å². The van der Waals surface area contributed by atoms with E-state index in [1.54, 1.807) is 0 Å². The van der Waals surface area contributed by atoms with Gasteiger partial charge < -0.3 is 25.3 Å². The zero-order chi connectivity index (χ0) is 27.9. The summed E-state index contributed by atoms with van der Waals surface area (Å²) in [5.41, 5.74) is 4.99. The van der Waals surface area contributed by atoms with E-state index in [4.69, 9.17) is 4.74 Å². The Morgan fingerprint density at radius 3 is 2.64 bits per heavy atom. The molecule has 1 aliphatic carbocycles. The predicted molar refractivity (Wildman–Crippen MR) is 153 cm³/mol. The number of anilines is 1. The number of carbonyl (C=O) groups excluding carboxylic acids is 2. The zero-order valence-corrected chi connectivity index (χ0v) is 23.9. The summed E-state index contributed by atoms with van der Waals surface area (Å²) >= 11 is 0. The first kappa shape index (κ1) is 29.0. The van der Waals surface area contributed by atoms with E-state index in [2.05, 4.69) is 20.5 Å². The molecule has 9 nitrogen and oxygen atoms in total. The molecule has 39 heavy (non-hydrogen) atoms. The van der Waals surface area contributed by atoms with Crippen LogP contribution >= 0.6 is 0 Å². The van der Waals surface area contributed by atoms with Crippen LogP contribution in [-0.4, -0.2) is 67.6 Å². The summed E-state index contributed by atoms with van der Waals surface area (Å²) in [5.74, 6) is 0.0621. The highest BCUT2D eigenvalue weighted by Gasteiger charge is 2.39. The minimum absolute atomic E-state index is 0.113. The molecule has 2 fully saturated rings. The lowest BCUT2D eigenvalue weighted by Gasteiger charge is -2.21. The fraction of sp³-hybridized carbons (Fsp3) is 0.567. The number of pyridine rings is 1. The third-order valence-corrected chi connectivity index (χ3v) is 7.79. The van der Waals surface area contributed by atoms with Gasteiger partial charge in [-0.2, -0.15) is 0 Å². The molecule has 9 heteroatoms. The maximum atomic E-state index is 13.5. The summed E-state index contributed by atoms with van der Waals surface area (Å²) in [4.78, 5) is 45.1. The summed E-state index contributed by atoms with van der Waals surface area (Å²) in [6, 6.07) is 5.80. The van der Waals surface area contributed by atoms with Crippen molar-refractivity contribution < 1.29 is 19.2 Å². The Kier molecular flexibility index (Phi) is 9.94. The van der Waals surface area contributed by atoms with Crippen molar-refractivity contribution in [2.24, 2.45) is 5.92 Å². The van der Waals surface area contributed by atoms with E-state index >= 15 is 0 Å². The van der Waals surface area contributed by atoms with Crippen LogP contribution in [0.15, 0.2) is 23.0 Å². The van der Waals surface area contributed by atoms with Gasteiger partial charge in [0.1, 0.15) is 5.69 Å². The largest absolute Gasteiger partial charge is 0.385 e. The lowest BCUT2D eigenvalue weighted by Crippen LogP contribution is -3.10. The number of aromatic amines is 1. The average molecular weight is 539 g/mol. The van der Waals surface area contributed by atoms with Crippen molar-refractivity contribution in [1.29, 1.82) is 0 Å². The molecule has 0 spiro atoms. The minimum Gasteiger partial charge on any atom is -0.385 e. The highest BCUT2D eigenvalue weighted by atomic mass is 16.5. The molecule has 1 saturated carbocycles. The van der Waals surface area contributed by atoms with Gasteiger partial charge in [0.05, 0.1) is 24.6 Å². The molecule has 1 aliphatic heterocycles. The Hall–Kier alpha value is -3.01. The maximum Gasteiger partial charge on any atom is 0.320 e. The number of carbonyl (C=O) groups is 2. The van der Waals surface area contributed by atoms with Gasteiger partial charge in [-0.25, -0.2) is 9.69 Å². The number of aromatic nitrogens is 1. The van der Waals surface area contributed by atoms with E-state index < -0.39 is 0 Å². The molecule has 1 atom stereocenters. The van der Waals surface area contributed by atoms with E-state index in [-0.39, 0.29) is 29.8 Å². The summed E-state index contributed by atoms with van der Waals surface area (Å²) in [6.07, 6.45) is 3.91. The number of rotatable bonds is 11. The molecule has 212 valence electrons. The molecule has 4 N–H and O–H groups in total. The Labute approximate surface area is 231 Å².